The third-order valence-corrected chi connectivity index (χ3v) is 4.92. The van der Waals surface area contributed by atoms with Gasteiger partial charge in [0, 0.05) is 12.3 Å². The summed E-state index contributed by atoms with van der Waals surface area (Å²) in [5.74, 6) is 1.37. The second-order valence-electron chi connectivity index (χ2n) is 4.76. The third-order valence-electron chi connectivity index (χ3n) is 2.68. The van der Waals surface area contributed by atoms with E-state index < -0.39 is 0 Å². The average molecular weight is 246 g/mol. The molecule has 1 atom stereocenters. The summed E-state index contributed by atoms with van der Waals surface area (Å²) in [6.07, 6.45) is 5.41. The maximum atomic E-state index is 12.0. The zero-order chi connectivity index (χ0) is 11.3. The van der Waals surface area contributed by atoms with Crippen molar-refractivity contribution in [1.82, 2.24) is 0 Å². The van der Waals surface area contributed by atoms with Crippen molar-refractivity contribution in [1.29, 1.82) is 0 Å². The predicted molar refractivity (Wildman–Crippen MR) is 71.1 cm³/mol. The Balaban J connectivity index is 2.34. The molecule has 1 saturated heterocycles. The molecule has 0 aromatic heterocycles. The van der Waals surface area contributed by atoms with E-state index in [0.717, 1.165) is 23.8 Å². The molecule has 0 amide bonds. The SMILES string of the molecule is CCCC[C@H](CC1SS1)C(=O)CC(C)C. The second-order valence-corrected chi connectivity index (χ2v) is 7.74. The average Bonchev–Trinajstić information content (AvgIpc) is 2.94. The molecule has 1 aliphatic heterocycles. The highest BCUT2D eigenvalue weighted by molar-refractivity contribution is 8.92. The Morgan fingerprint density at radius 3 is 2.47 bits per heavy atom. The Hall–Kier alpha value is 0.370. The summed E-state index contributed by atoms with van der Waals surface area (Å²) in [6, 6.07) is 0. The van der Waals surface area contributed by atoms with Crippen LogP contribution in [0.15, 0.2) is 0 Å². The third kappa shape index (κ3) is 5.86. The van der Waals surface area contributed by atoms with E-state index in [1.807, 2.05) is 21.6 Å². The monoisotopic (exact) mass is 246 g/mol. The van der Waals surface area contributed by atoms with Gasteiger partial charge < -0.3 is 0 Å². The zero-order valence-corrected chi connectivity index (χ0v) is 11.6. The highest BCUT2D eigenvalue weighted by atomic mass is 33.2. The van der Waals surface area contributed by atoms with Crippen molar-refractivity contribution in [3.63, 3.8) is 0 Å². The van der Waals surface area contributed by atoms with Gasteiger partial charge in [-0.1, -0.05) is 55.2 Å². The number of carbonyl (C=O) groups is 1. The van der Waals surface area contributed by atoms with Crippen LogP contribution in [0.2, 0.25) is 0 Å². The van der Waals surface area contributed by atoms with E-state index in [1.165, 1.54) is 12.8 Å². The van der Waals surface area contributed by atoms with Crippen LogP contribution in [-0.4, -0.2) is 10.4 Å². The lowest BCUT2D eigenvalue weighted by atomic mass is 9.90. The van der Waals surface area contributed by atoms with Gasteiger partial charge in [-0.15, -0.1) is 0 Å². The van der Waals surface area contributed by atoms with Crippen LogP contribution in [0.4, 0.5) is 0 Å². The van der Waals surface area contributed by atoms with E-state index in [-0.39, 0.29) is 0 Å². The van der Waals surface area contributed by atoms with Crippen LogP contribution >= 0.6 is 21.6 Å². The van der Waals surface area contributed by atoms with Gasteiger partial charge in [0.2, 0.25) is 0 Å². The van der Waals surface area contributed by atoms with Crippen molar-refractivity contribution in [2.24, 2.45) is 11.8 Å². The maximum absolute atomic E-state index is 12.0. The quantitative estimate of drug-likeness (QED) is 0.463. The molecule has 1 heterocycles. The lowest BCUT2D eigenvalue weighted by Gasteiger charge is -2.15. The minimum Gasteiger partial charge on any atom is -0.299 e. The molecule has 0 aliphatic carbocycles. The smallest absolute Gasteiger partial charge is 0.136 e. The Kier molecular flexibility index (Phi) is 6.13. The molecule has 0 saturated carbocycles. The fourth-order valence-corrected chi connectivity index (χ4v) is 3.19. The van der Waals surface area contributed by atoms with E-state index in [4.69, 9.17) is 0 Å². The number of unbranched alkanes of at least 4 members (excludes halogenated alkanes) is 1. The molecule has 0 radical (unpaired) electrons. The molecule has 88 valence electrons. The first-order valence-electron chi connectivity index (χ1n) is 5.98. The van der Waals surface area contributed by atoms with Crippen LogP contribution in [0.3, 0.4) is 0 Å². The van der Waals surface area contributed by atoms with E-state index in [1.54, 1.807) is 0 Å². The van der Waals surface area contributed by atoms with Gasteiger partial charge in [-0.2, -0.15) is 0 Å². The Labute approximate surface area is 102 Å². The molecule has 0 aromatic carbocycles. The predicted octanol–water partition coefficient (Wildman–Crippen LogP) is 4.52. The lowest BCUT2D eigenvalue weighted by molar-refractivity contribution is -0.123. The summed E-state index contributed by atoms with van der Waals surface area (Å²) in [5.41, 5.74) is 0. The van der Waals surface area contributed by atoms with Gasteiger partial charge in [0.15, 0.2) is 0 Å². The van der Waals surface area contributed by atoms with Crippen LogP contribution in [0.5, 0.6) is 0 Å². The lowest BCUT2D eigenvalue weighted by Crippen LogP contribution is -2.17. The highest BCUT2D eigenvalue weighted by Crippen LogP contribution is 2.56. The van der Waals surface area contributed by atoms with E-state index >= 15 is 0 Å². The van der Waals surface area contributed by atoms with Gasteiger partial charge in [-0.25, -0.2) is 0 Å². The molecule has 1 rings (SSSR count). The standard InChI is InChI=1S/C12H22OS2/c1-4-5-6-10(8-12-14-15-12)11(13)7-9(2)3/h9-10,12H,4-8H2,1-3H3/t10-/m1/s1. The van der Waals surface area contributed by atoms with Crippen molar-refractivity contribution in [2.75, 3.05) is 0 Å². The molecule has 0 bridgehead atoms. The van der Waals surface area contributed by atoms with Crippen molar-refractivity contribution in [3.8, 4) is 0 Å². The fraction of sp³-hybridized carbons (Fsp3) is 0.917. The van der Waals surface area contributed by atoms with Gasteiger partial charge in [0.1, 0.15) is 5.78 Å². The van der Waals surface area contributed by atoms with Crippen LogP contribution in [0.25, 0.3) is 0 Å². The first-order valence-corrected chi connectivity index (χ1v) is 8.26. The molecule has 3 heteroatoms. The van der Waals surface area contributed by atoms with Gasteiger partial charge in [-0.3, -0.25) is 4.79 Å². The van der Waals surface area contributed by atoms with Crippen molar-refractivity contribution in [2.45, 2.75) is 57.5 Å². The molecule has 0 aromatic rings. The molecule has 15 heavy (non-hydrogen) atoms. The van der Waals surface area contributed by atoms with Crippen LogP contribution in [0, 0.1) is 11.8 Å². The normalized spacial score (nSPS) is 18.1. The molecule has 1 nitrogen and oxygen atoms in total. The van der Waals surface area contributed by atoms with Crippen LogP contribution in [-0.2, 0) is 4.79 Å². The number of Topliss-reactive ketones (excluding diaryl/α,β-unsaturated/α-hetero) is 1. The van der Waals surface area contributed by atoms with Crippen LogP contribution < -0.4 is 0 Å². The molecular formula is C12H22OS2. The largest absolute Gasteiger partial charge is 0.299 e. The minimum atomic E-state index is 0.347. The number of hydrogen-bond donors (Lipinski definition) is 0. The molecule has 0 N–H and O–H groups in total. The van der Waals surface area contributed by atoms with Gasteiger partial charge in [0.05, 0.1) is 4.58 Å². The Bertz CT molecular complexity index is 200. The maximum Gasteiger partial charge on any atom is 0.136 e. The summed E-state index contributed by atoms with van der Waals surface area (Å²) in [6.45, 7) is 6.47. The van der Waals surface area contributed by atoms with Gasteiger partial charge in [0.25, 0.3) is 0 Å². The molecule has 0 unspecified atom stereocenters. The fourth-order valence-electron chi connectivity index (χ4n) is 1.78. The number of rotatable bonds is 8. The van der Waals surface area contributed by atoms with E-state index in [9.17, 15) is 4.79 Å². The molecule has 1 fully saturated rings. The van der Waals surface area contributed by atoms with Gasteiger partial charge in [-0.05, 0) is 18.8 Å². The van der Waals surface area contributed by atoms with Crippen molar-refractivity contribution in [3.05, 3.63) is 0 Å². The van der Waals surface area contributed by atoms with Crippen molar-refractivity contribution < 1.29 is 4.79 Å². The van der Waals surface area contributed by atoms with Crippen LogP contribution in [0.1, 0.15) is 52.9 Å². The van der Waals surface area contributed by atoms with Crippen molar-refractivity contribution >= 4 is 27.4 Å². The van der Waals surface area contributed by atoms with E-state index in [2.05, 4.69) is 20.8 Å². The number of hydrogen-bond acceptors (Lipinski definition) is 3. The van der Waals surface area contributed by atoms with Gasteiger partial charge >= 0.3 is 0 Å². The topological polar surface area (TPSA) is 17.1 Å². The number of carbonyl (C=O) groups excluding carboxylic acids is 1. The first kappa shape index (κ1) is 13.4. The Morgan fingerprint density at radius 1 is 1.33 bits per heavy atom. The number of ketones is 1. The summed E-state index contributed by atoms with van der Waals surface area (Å²) in [4.78, 5) is 12.0. The summed E-state index contributed by atoms with van der Waals surface area (Å²) in [5, 5.41) is 0. The summed E-state index contributed by atoms with van der Waals surface area (Å²) < 4.78 is 0.725. The Morgan fingerprint density at radius 2 is 2.00 bits per heavy atom. The summed E-state index contributed by atoms with van der Waals surface area (Å²) in [7, 11) is 3.86. The molecular weight excluding hydrogens is 224 g/mol. The highest BCUT2D eigenvalue weighted by Gasteiger charge is 2.30. The zero-order valence-electron chi connectivity index (χ0n) is 9.99. The second kappa shape index (κ2) is 6.85. The minimum absolute atomic E-state index is 0.347. The molecule has 0 spiro atoms. The first-order chi connectivity index (χ1) is 7.13. The summed E-state index contributed by atoms with van der Waals surface area (Å²) >= 11 is 0. The van der Waals surface area contributed by atoms with E-state index in [0.29, 0.717) is 17.6 Å². The molecule has 1 aliphatic rings.